The maximum Gasteiger partial charge on any atom is 0.356 e. The van der Waals surface area contributed by atoms with Gasteiger partial charge >= 0.3 is 5.97 Å². The van der Waals surface area contributed by atoms with Gasteiger partial charge in [0.25, 0.3) is 0 Å². The summed E-state index contributed by atoms with van der Waals surface area (Å²) in [5.41, 5.74) is 2.34. The van der Waals surface area contributed by atoms with Gasteiger partial charge in [-0.1, -0.05) is 0 Å². The SMILES string of the molecule is Cc1ccncc1N1CCN(c2cnc(C(=O)O)cn2)CC1. The summed E-state index contributed by atoms with van der Waals surface area (Å²) in [5.74, 6) is -0.344. The molecule has 7 heteroatoms. The van der Waals surface area contributed by atoms with E-state index in [1.807, 2.05) is 12.3 Å². The highest BCUT2D eigenvalue weighted by Crippen LogP contribution is 2.21. The van der Waals surface area contributed by atoms with Crippen LogP contribution in [-0.2, 0) is 0 Å². The predicted molar refractivity (Wildman–Crippen MR) is 82.4 cm³/mol. The van der Waals surface area contributed by atoms with Gasteiger partial charge < -0.3 is 14.9 Å². The van der Waals surface area contributed by atoms with Gasteiger partial charge in [0.05, 0.1) is 24.3 Å². The molecule has 2 aromatic rings. The van der Waals surface area contributed by atoms with E-state index in [2.05, 4.69) is 31.7 Å². The van der Waals surface area contributed by atoms with Crippen LogP contribution >= 0.6 is 0 Å². The van der Waals surface area contributed by atoms with E-state index < -0.39 is 5.97 Å². The van der Waals surface area contributed by atoms with E-state index in [1.54, 1.807) is 6.20 Å². The number of carboxylic acid groups (broad SMARTS) is 1. The Bertz CT molecular complexity index is 666. The topological polar surface area (TPSA) is 82.5 Å². The molecule has 0 bridgehead atoms. The minimum atomic E-state index is -1.06. The lowest BCUT2D eigenvalue weighted by Gasteiger charge is -2.37. The second-order valence-electron chi connectivity index (χ2n) is 5.20. The van der Waals surface area contributed by atoms with Crippen molar-refractivity contribution in [3.8, 4) is 0 Å². The van der Waals surface area contributed by atoms with Gasteiger partial charge in [-0.25, -0.2) is 14.8 Å². The van der Waals surface area contributed by atoms with Crippen LogP contribution in [0.5, 0.6) is 0 Å². The Morgan fingerprint density at radius 3 is 2.41 bits per heavy atom. The van der Waals surface area contributed by atoms with Gasteiger partial charge in [-0.2, -0.15) is 0 Å². The first-order valence-electron chi connectivity index (χ1n) is 7.11. The maximum absolute atomic E-state index is 10.8. The Balaban J connectivity index is 1.66. The number of nitrogens with zero attached hydrogens (tertiary/aromatic N) is 5. The highest BCUT2D eigenvalue weighted by atomic mass is 16.4. The summed E-state index contributed by atoms with van der Waals surface area (Å²) < 4.78 is 0. The monoisotopic (exact) mass is 299 g/mol. The van der Waals surface area contributed by atoms with Gasteiger partial charge in [0, 0.05) is 32.4 Å². The third-order valence-corrected chi connectivity index (χ3v) is 3.81. The minimum absolute atomic E-state index is 0.0339. The number of aryl methyl sites for hydroxylation is 1. The molecule has 22 heavy (non-hydrogen) atoms. The van der Waals surface area contributed by atoms with Crippen LogP contribution in [0, 0.1) is 6.92 Å². The second-order valence-corrected chi connectivity index (χ2v) is 5.20. The lowest BCUT2D eigenvalue weighted by atomic mass is 10.2. The van der Waals surface area contributed by atoms with E-state index in [0.29, 0.717) is 5.82 Å². The van der Waals surface area contributed by atoms with Gasteiger partial charge in [0.15, 0.2) is 5.69 Å². The van der Waals surface area contributed by atoms with Crippen molar-refractivity contribution in [2.45, 2.75) is 6.92 Å². The largest absolute Gasteiger partial charge is 0.476 e. The average molecular weight is 299 g/mol. The Morgan fingerprint density at radius 1 is 1.09 bits per heavy atom. The number of rotatable bonds is 3. The number of pyridine rings is 1. The molecule has 0 saturated carbocycles. The van der Waals surface area contributed by atoms with Crippen LogP contribution in [0.25, 0.3) is 0 Å². The van der Waals surface area contributed by atoms with Crippen molar-refractivity contribution in [2.75, 3.05) is 36.0 Å². The molecule has 0 spiro atoms. The summed E-state index contributed by atoms with van der Waals surface area (Å²) in [4.78, 5) is 27.5. The van der Waals surface area contributed by atoms with Crippen LogP contribution in [0.2, 0.25) is 0 Å². The molecule has 2 aromatic heterocycles. The molecule has 0 amide bonds. The Hall–Kier alpha value is -2.70. The van der Waals surface area contributed by atoms with Crippen LogP contribution in [0.3, 0.4) is 0 Å². The van der Waals surface area contributed by atoms with Crippen LogP contribution in [-0.4, -0.2) is 52.2 Å². The van der Waals surface area contributed by atoms with Crippen molar-refractivity contribution >= 4 is 17.5 Å². The van der Waals surface area contributed by atoms with Crippen molar-refractivity contribution in [3.63, 3.8) is 0 Å². The molecular formula is C15H17N5O2. The predicted octanol–water partition coefficient (Wildman–Crippen LogP) is 1.20. The molecule has 0 atom stereocenters. The number of hydrogen-bond acceptors (Lipinski definition) is 6. The molecular weight excluding hydrogens is 282 g/mol. The minimum Gasteiger partial charge on any atom is -0.476 e. The number of carboxylic acids is 1. The molecule has 0 aliphatic carbocycles. The van der Waals surface area contributed by atoms with E-state index in [4.69, 9.17) is 5.11 Å². The first-order valence-corrected chi connectivity index (χ1v) is 7.11. The summed E-state index contributed by atoms with van der Waals surface area (Å²) in [6.07, 6.45) is 6.52. The van der Waals surface area contributed by atoms with Crippen LogP contribution in [0.4, 0.5) is 11.5 Å². The van der Waals surface area contributed by atoms with Gasteiger partial charge in [0.2, 0.25) is 0 Å². The van der Waals surface area contributed by atoms with Gasteiger partial charge in [-0.05, 0) is 18.6 Å². The van der Waals surface area contributed by atoms with E-state index in [0.717, 1.165) is 31.9 Å². The highest BCUT2D eigenvalue weighted by molar-refractivity contribution is 5.84. The number of aromatic carboxylic acids is 1. The van der Waals surface area contributed by atoms with Gasteiger partial charge in [-0.15, -0.1) is 0 Å². The fourth-order valence-corrected chi connectivity index (χ4v) is 2.56. The molecule has 1 N–H and O–H groups in total. The molecule has 7 nitrogen and oxygen atoms in total. The second kappa shape index (κ2) is 5.97. The van der Waals surface area contributed by atoms with Crippen molar-refractivity contribution in [2.24, 2.45) is 0 Å². The number of piperazine rings is 1. The normalized spacial score (nSPS) is 15.0. The molecule has 0 aromatic carbocycles. The summed E-state index contributed by atoms with van der Waals surface area (Å²) in [6.45, 7) is 5.45. The third-order valence-electron chi connectivity index (χ3n) is 3.81. The number of aromatic nitrogens is 3. The van der Waals surface area contributed by atoms with E-state index in [-0.39, 0.29) is 5.69 Å². The Morgan fingerprint density at radius 2 is 1.82 bits per heavy atom. The van der Waals surface area contributed by atoms with Crippen molar-refractivity contribution in [1.29, 1.82) is 0 Å². The van der Waals surface area contributed by atoms with E-state index >= 15 is 0 Å². The fraction of sp³-hybridized carbons (Fsp3) is 0.333. The zero-order valence-corrected chi connectivity index (χ0v) is 12.3. The highest BCUT2D eigenvalue weighted by Gasteiger charge is 2.20. The summed E-state index contributed by atoms with van der Waals surface area (Å²) in [7, 11) is 0. The lowest BCUT2D eigenvalue weighted by molar-refractivity contribution is 0.0690. The smallest absolute Gasteiger partial charge is 0.356 e. The van der Waals surface area contributed by atoms with E-state index in [9.17, 15) is 4.79 Å². The molecule has 3 rings (SSSR count). The van der Waals surface area contributed by atoms with Crippen molar-refractivity contribution in [3.05, 3.63) is 42.1 Å². The molecule has 114 valence electrons. The first-order chi connectivity index (χ1) is 10.6. The number of carbonyl (C=O) groups is 1. The molecule has 0 radical (unpaired) electrons. The van der Waals surface area contributed by atoms with E-state index in [1.165, 1.54) is 18.0 Å². The Labute approximate surface area is 128 Å². The molecule has 1 aliphatic rings. The van der Waals surface area contributed by atoms with Crippen molar-refractivity contribution in [1.82, 2.24) is 15.0 Å². The number of anilines is 2. The molecule has 3 heterocycles. The first kappa shape index (κ1) is 14.2. The molecule has 1 fully saturated rings. The fourth-order valence-electron chi connectivity index (χ4n) is 2.56. The van der Waals surface area contributed by atoms with Gasteiger partial charge in [0.1, 0.15) is 5.82 Å². The average Bonchev–Trinajstić information content (AvgIpc) is 2.56. The summed E-state index contributed by atoms with van der Waals surface area (Å²) in [5, 5.41) is 8.84. The molecule has 1 saturated heterocycles. The maximum atomic E-state index is 10.8. The van der Waals surface area contributed by atoms with Crippen LogP contribution in [0.15, 0.2) is 30.9 Å². The van der Waals surface area contributed by atoms with Crippen LogP contribution < -0.4 is 9.80 Å². The third kappa shape index (κ3) is 2.83. The lowest BCUT2D eigenvalue weighted by Crippen LogP contribution is -2.47. The zero-order valence-electron chi connectivity index (χ0n) is 12.3. The Kier molecular flexibility index (Phi) is 3.86. The van der Waals surface area contributed by atoms with Gasteiger partial charge in [-0.3, -0.25) is 4.98 Å². The quantitative estimate of drug-likeness (QED) is 0.912. The standard InChI is InChI=1S/C15H17N5O2/c1-11-2-3-16-9-13(11)19-4-6-20(7-5-19)14-10-17-12(8-18-14)15(21)22/h2-3,8-10H,4-7H2,1H3,(H,21,22). The van der Waals surface area contributed by atoms with Crippen LogP contribution in [0.1, 0.15) is 16.1 Å². The summed E-state index contributed by atoms with van der Waals surface area (Å²) >= 11 is 0. The van der Waals surface area contributed by atoms with Crippen molar-refractivity contribution < 1.29 is 9.90 Å². The molecule has 1 aliphatic heterocycles. The molecule has 0 unspecified atom stereocenters. The zero-order chi connectivity index (χ0) is 15.5. The number of hydrogen-bond donors (Lipinski definition) is 1. The summed E-state index contributed by atoms with van der Waals surface area (Å²) in [6, 6.07) is 2.01.